The second kappa shape index (κ2) is 7.28. The second-order valence-corrected chi connectivity index (χ2v) is 8.88. The standard InChI is InChI=1S/C19H18ClN5O2S/c1-12-4-6-13(7-5-12)18-19(20)23-17(11-21)25(18)15-10-14(22)8-9-16(15)28(26,27)24(2)3/h4-10H,22H2,1-3H3. The third kappa shape index (κ3) is 3.36. The van der Waals surface area contributed by atoms with E-state index in [0.29, 0.717) is 16.9 Å². The quantitative estimate of drug-likeness (QED) is 0.658. The lowest BCUT2D eigenvalue weighted by Gasteiger charge is -2.18. The highest BCUT2D eigenvalue weighted by atomic mass is 35.5. The van der Waals surface area contributed by atoms with Crippen molar-refractivity contribution in [2.24, 2.45) is 0 Å². The fourth-order valence-corrected chi connectivity index (χ4v) is 4.11. The summed E-state index contributed by atoms with van der Waals surface area (Å²) in [5, 5.41) is 9.69. The lowest BCUT2D eigenvalue weighted by Crippen LogP contribution is -2.24. The molecule has 0 aliphatic heterocycles. The van der Waals surface area contributed by atoms with Crippen molar-refractivity contribution >= 4 is 27.3 Å². The van der Waals surface area contributed by atoms with Crippen LogP contribution in [0.15, 0.2) is 47.4 Å². The molecule has 0 fully saturated rings. The molecule has 0 aliphatic rings. The topological polar surface area (TPSA) is 105 Å². The lowest BCUT2D eigenvalue weighted by molar-refractivity contribution is 0.520. The first kappa shape index (κ1) is 19.9. The van der Waals surface area contributed by atoms with Gasteiger partial charge in [0.1, 0.15) is 11.0 Å². The molecule has 1 heterocycles. The van der Waals surface area contributed by atoms with Gasteiger partial charge in [0.15, 0.2) is 5.15 Å². The normalized spacial score (nSPS) is 11.6. The Kier molecular flexibility index (Phi) is 5.17. The Balaban J connectivity index is 2.42. The van der Waals surface area contributed by atoms with Crippen LogP contribution in [0.5, 0.6) is 0 Å². The predicted molar refractivity (Wildman–Crippen MR) is 109 cm³/mol. The number of nitrogen functional groups attached to an aromatic ring is 1. The number of anilines is 1. The number of hydrogen-bond donors (Lipinski definition) is 1. The van der Waals surface area contributed by atoms with Gasteiger partial charge in [-0.25, -0.2) is 17.7 Å². The number of halogens is 1. The molecular weight excluding hydrogens is 398 g/mol. The summed E-state index contributed by atoms with van der Waals surface area (Å²) in [5.74, 6) is -0.0404. The van der Waals surface area contributed by atoms with E-state index < -0.39 is 10.0 Å². The molecule has 0 bridgehead atoms. The molecule has 0 aliphatic carbocycles. The van der Waals surface area contributed by atoms with Gasteiger partial charge in [-0.15, -0.1) is 0 Å². The molecule has 0 radical (unpaired) electrons. The number of sulfonamides is 1. The Morgan fingerprint density at radius 2 is 1.82 bits per heavy atom. The highest BCUT2D eigenvalue weighted by molar-refractivity contribution is 7.89. The largest absolute Gasteiger partial charge is 0.399 e. The van der Waals surface area contributed by atoms with Crippen LogP contribution >= 0.6 is 11.6 Å². The van der Waals surface area contributed by atoms with Crippen LogP contribution in [0, 0.1) is 18.3 Å². The zero-order valence-corrected chi connectivity index (χ0v) is 17.1. The van der Waals surface area contributed by atoms with Gasteiger partial charge < -0.3 is 5.73 Å². The maximum absolute atomic E-state index is 12.9. The molecule has 3 rings (SSSR count). The van der Waals surface area contributed by atoms with Crippen molar-refractivity contribution in [3.8, 4) is 23.0 Å². The Morgan fingerprint density at radius 1 is 1.18 bits per heavy atom. The summed E-state index contributed by atoms with van der Waals surface area (Å²) < 4.78 is 28.3. The van der Waals surface area contributed by atoms with Crippen molar-refractivity contribution in [2.45, 2.75) is 11.8 Å². The van der Waals surface area contributed by atoms with E-state index in [1.54, 1.807) is 0 Å². The smallest absolute Gasteiger partial charge is 0.244 e. The summed E-state index contributed by atoms with van der Waals surface area (Å²) in [6.45, 7) is 1.95. The van der Waals surface area contributed by atoms with Gasteiger partial charge in [0.2, 0.25) is 15.8 Å². The van der Waals surface area contributed by atoms with Crippen molar-refractivity contribution < 1.29 is 8.42 Å². The number of rotatable bonds is 4. The average molecular weight is 416 g/mol. The summed E-state index contributed by atoms with van der Waals surface area (Å²) >= 11 is 6.35. The van der Waals surface area contributed by atoms with E-state index in [2.05, 4.69) is 4.98 Å². The molecule has 2 aromatic carbocycles. The first-order valence-corrected chi connectivity index (χ1v) is 10.1. The third-order valence-electron chi connectivity index (χ3n) is 4.24. The number of benzene rings is 2. The molecule has 0 amide bonds. The number of hydrogen-bond acceptors (Lipinski definition) is 5. The van der Waals surface area contributed by atoms with Gasteiger partial charge in [0.05, 0.1) is 11.4 Å². The van der Waals surface area contributed by atoms with E-state index in [1.807, 2.05) is 37.3 Å². The molecule has 9 heteroatoms. The summed E-state index contributed by atoms with van der Waals surface area (Å²) in [5.41, 5.74) is 8.64. The van der Waals surface area contributed by atoms with Crippen LogP contribution < -0.4 is 5.73 Å². The van der Waals surface area contributed by atoms with E-state index in [4.69, 9.17) is 17.3 Å². The van der Waals surface area contributed by atoms with E-state index in [0.717, 1.165) is 9.87 Å². The zero-order chi connectivity index (χ0) is 20.6. The monoisotopic (exact) mass is 415 g/mol. The number of nitrogens with zero attached hydrogens (tertiary/aromatic N) is 4. The number of aromatic nitrogens is 2. The summed E-state index contributed by atoms with van der Waals surface area (Å²) in [6.07, 6.45) is 0. The van der Waals surface area contributed by atoms with E-state index >= 15 is 0 Å². The number of imidazole rings is 1. The molecule has 0 unspecified atom stereocenters. The van der Waals surface area contributed by atoms with Crippen molar-refractivity contribution in [3.63, 3.8) is 0 Å². The molecule has 3 aromatic rings. The maximum Gasteiger partial charge on any atom is 0.244 e. The van der Waals surface area contributed by atoms with Gasteiger partial charge in [0.25, 0.3) is 0 Å². The first-order chi connectivity index (χ1) is 13.2. The molecule has 0 saturated heterocycles. The Hall–Kier alpha value is -2.86. The minimum absolute atomic E-state index is 0.00868. The van der Waals surface area contributed by atoms with Crippen LogP contribution in [0.25, 0.3) is 16.9 Å². The molecule has 0 spiro atoms. The minimum atomic E-state index is -3.82. The number of aryl methyl sites for hydroxylation is 1. The Bertz CT molecular complexity index is 1190. The van der Waals surface area contributed by atoms with Crippen molar-refractivity contribution in [1.29, 1.82) is 5.26 Å². The van der Waals surface area contributed by atoms with Crippen LogP contribution in [-0.2, 0) is 10.0 Å². The fraction of sp³-hybridized carbons (Fsp3) is 0.158. The van der Waals surface area contributed by atoms with Gasteiger partial charge in [-0.05, 0) is 25.1 Å². The van der Waals surface area contributed by atoms with Gasteiger partial charge >= 0.3 is 0 Å². The van der Waals surface area contributed by atoms with Crippen molar-refractivity contribution in [3.05, 3.63) is 59.0 Å². The van der Waals surface area contributed by atoms with Crippen LogP contribution in [0.4, 0.5) is 5.69 Å². The van der Waals surface area contributed by atoms with Crippen molar-refractivity contribution in [2.75, 3.05) is 19.8 Å². The van der Waals surface area contributed by atoms with Gasteiger partial charge in [0, 0.05) is 25.3 Å². The van der Waals surface area contributed by atoms with Gasteiger partial charge in [-0.2, -0.15) is 5.26 Å². The Labute approximate surface area is 168 Å². The molecule has 1 aromatic heterocycles. The maximum atomic E-state index is 12.9. The average Bonchev–Trinajstić information content (AvgIpc) is 2.98. The third-order valence-corrected chi connectivity index (χ3v) is 6.37. The van der Waals surface area contributed by atoms with Crippen LogP contribution in [0.3, 0.4) is 0 Å². The summed E-state index contributed by atoms with van der Waals surface area (Å²) in [6, 6.07) is 13.8. The van der Waals surface area contributed by atoms with E-state index in [-0.39, 0.29) is 21.6 Å². The van der Waals surface area contributed by atoms with Crippen molar-refractivity contribution in [1.82, 2.24) is 13.9 Å². The van der Waals surface area contributed by atoms with Crippen LogP contribution in [0.2, 0.25) is 5.15 Å². The molecule has 28 heavy (non-hydrogen) atoms. The Morgan fingerprint density at radius 3 is 2.39 bits per heavy atom. The minimum Gasteiger partial charge on any atom is -0.399 e. The number of nitriles is 1. The second-order valence-electron chi connectivity index (χ2n) is 6.40. The summed E-state index contributed by atoms with van der Waals surface area (Å²) in [7, 11) is -0.951. The highest BCUT2D eigenvalue weighted by Gasteiger charge is 2.27. The summed E-state index contributed by atoms with van der Waals surface area (Å²) in [4.78, 5) is 4.11. The number of nitrogens with two attached hydrogens (primary N) is 1. The van der Waals surface area contributed by atoms with Gasteiger partial charge in [-0.3, -0.25) is 4.57 Å². The zero-order valence-electron chi connectivity index (χ0n) is 15.5. The highest BCUT2D eigenvalue weighted by Crippen LogP contribution is 2.35. The SMILES string of the molecule is Cc1ccc(-c2c(Cl)nc(C#N)n2-c2cc(N)ccc2S(=O)(=O)N(C)C)cc1. The van der Waals surface area contributed by atoms with E-state index in [1.165, 1.54) is 36.9 Å². The molecule has 2 N–H and O–H groups in total. The lowest BCUT2D eigenvalue weighted by atomic mass is 10.1. The fourth-order valence-electron chi connectivity index (χ4n) is 2.79. The van der Waals surface area contributed by atoms with Crippen LogP contribution in [-0.4, -0.2) is 36.4 Å². The molecule has 144 valence electrons. The molecule has 7 nitrogen and oxygen atoms in total. The predicted octanol–water partition coefficient (Wildman–Crippen LogP) is 3.21. The first-order valence-electron chi connectivity index (χ1n) is 8.24. The van der Waals surface area contributed by atoms with Gasteiger partial charge in [-0.1, -0.05) is 41.4 Å². The molecule has 0 saturated carbocycles. The molecular formula is C19H18ClN5O2S. The molecule has 0 atom stereocenters. The van der Waals surface area contributed by atoms with E-state index in [9.17, 15) is 13.7 Å². The van der Waals surface area contributed by atoms with Crippen LogP contribution in [0.1, 0.15) is 11.4 Å².